The van der Waals surface area contributed by atoms with Crippen LogP contribution in [0.2, 0.25) is 0 Å². The molecule has 0 fully saturated rings. The van der Waals surface area contributed by atoms with Gasteiger partial charge in [-0.15, -0.1) is 0 Å². The fourth-order valence-corrected chi connectivity index (χ4v) is 3.20. The Kier molecular flexibility index (Phi) is 4.51. The molecule has 2 heteroatoms. The lowest BCUT2D eigenvalue weighted by Gasteiger charge is -2.16. The molecule has 122 valence electrons. The van der Waals surface area contributed by atoms with Gasteiger partial charge in [0.2, 0.25) is 0 Å². The summed E-state index contributed by atoms with van der Waals surface area (Å²) in [5, 5.41) is 0. The van der Waals surface area contributed by atoms with E-state index in [2.05, 4.69) is 65.7 Å². The van der Waals surface area contributed by atoms with Crippen LogP contribution in [0.4, 0.5) is 0 Å². The van der Waals surface area contributed by atoms with Gasteiger partial charge in [-0.25, -0.2) is 0 Å². The van der Waals surface area contributed by atoms with Crippen LogP contribution in [0.5, 0.6) is 0 Å². The number of rotatable bonds is 3. The maximum Gasteiger partial charge on any atom is 0.0694 e. The smallest absolute Gasteiger partial charge is 0.0694 e. The normalized spacial score (nSPS) is 15.8. The van der Waals surface area contributed by atoms with Gasteiger partial charge in [-0.1, -0.05) is 54.6 Å². The molecule has 1 aliphatic rings. The molecule has 0 saturated heterocycles. The summed E-state index contributed by atoms with van der Waals surface area (Å²) in [4.78, 5) is 8.99. The number of aromatic nitrogens is 1. The number of hydrogen-bond acceptors (Lipinski definition) is 2. The topological polar surface area (TPSA) is 25.2 Å². The third-order valence-electron chi connectivity index (χ3n) is 4.47. The maximum atomic E-state index is 4.75. The standard InChI is InChI=1S/C23H20N2/c1-2-6-19(7-3-1)20-12-10-18(11-13-20)16-21-8-5-15-25-23(21)22-9-4-14-24-17-22/h1-4,6-7,9-14,16-17H,5,8,15H2/b21-16+. The van der Waals surface area contributed by atoms with Crippen molar-refractivity contribution in [3.05, 3.63) is 95.8 Å². The van der Waals surface area contributed by atoms with E-state index in [0.29, 0.717) is 0 Å². The molecule has 0 unspecified atom stereocenters. The Balaban J connectivity index is 1.63. The highest BCUT2D eigenvalue weighted by molar-refractivity contribution is 6.15. The van der Waals surface area contributed by atoms with Crippen molar-refractivity contribution in [3.63, 3.8) is 0 Å². The highest BCUT2D eigenvalue weighted by Crippen LogP contribution is 2.24. The van der Waals surface area contributed by atoms with Crippen molar-refractivity contribution in [2.45, 2.75) is 12.8 Å². The quantitative estimate of drug-likeness (QED) is 0.632. The summed E-state index contributed by atoms with van der Waals surface area (Å²) in [6, 6.07) is 23.3. The molecule has 2 heterocycles. The Morgan fingerprint density at radius 2 is 1.52 bits per heavy atom. The maximum absolute atomic E-state index is 4.75. The average molecular weight is 324 g/mol. The minimum atomic E-state index is 0.897. The summed E-state index contributed by atoms with van der Waals surface area (Å²) in [7, 11) is 0. The van der Waals surface area contributed by atoms with Gasteiger partial charge in [-0.05, 0) is 53.3 Å². The molecule has 2 aromatic carbocycles. The van der Waals surface area contributed by atoms with Crippen molar-refractivity contribution < 1.29 is 0 Å². The summed E-state index contributed by atoms with van der Waals surface area (Å²) >= 11 is 0. The minimum absolute atomic E-state index is 0.897. The zero-order valence-corrected chi connectivity index (χ0v) is 14.1. The average Bonchev–Trinajstić information content (AvgIpc) is 2.70. The second-order valence-electron chi connectivity index (χ2n) is 6.23. The molecule has 0 aliphatic carbocycles. The summed E-state index contributed by atoms with van der Waals surface area (Å²) < 4.78 is 0. The van der Waals surface area contributed by atoms with Crippen LogP contribution in [0.15, 0.2) is 89.7 Å². The fraction of sp³-hybridized carbons (Fsp3) is 0.130. The van der Waals surface area contributed by atoms with E-state index in [1.165, 1.54) is 22.3 Å². The van der Waals surface area contributed by atoms with Crippen LogP contribution >= 0.6 is 0 Å². The van der Waals surface area contributed by atoms with Gasteiger partial charge in [0.15, 0.2) is 0 Å². The number of aliphatic imine (C=N–C) groups is 1. The molecule has 25 heavy (non-hydrogen) atoms. The van der Waals surface area contributed by atoms with E-state index in [4.69, 9.17) is 4.99 Å². The van der Waals surface area contributed by atoms with Gasteiger partial charge in [-0.2, -0.15) is 0 Å². The lowest BCUT2D eigenvalue weighted by molar-refractivity contribution is 0.818. The molecule has 2 nitrogen and oxygen atoms in total. The number of allylic oxidation sites excluding steroid dienone is 1. The highest BCUT2D eigenvalue weighted by atomic mass is 14.8. The first-order chi connectivity index (χ1) is 12.4. The Morgan fingerprint density at radius 1 is 0.760 bits per heavy atom. The number of hydrogen-bond donors (Lipinski definition) is 0. The molecule has 0 spiro atoms. The number of pyridine rings is 1. The molecule has 4 rings (SSSR count). The Morgan fingerprint density at radius 3 is 2.28 bits per heavy atom. The molecule has 0 amide bonds. The second kappa shape index (κ2) is 7.27. The van der Waals surface area contributed by atoms with Crippen molar-refractivity contribution in [1.29, 1.82) is 0 Å². The van der Waals surface area contributed by atoms with Gasteiger partial charge in [0.05, 0.1) is 5.71 Å². The predicted octanol–water partition coefficient (Wildman–Crippen LogP) is 5.42. The molecule has 3 aromatic rings. The van der Waals surface area contributed by atoms with Crippen LogP contribution in [0.1, 0.15) is 24.0 Å². The molecule has 0 N–H and O–H groups in total. The number of benzene rings is 2. The van der Waals surface area contributed by atoms with E-state index >= 15 is 0 Å². The van der Waals surface area contributed by atoms with Crippen LogP contribution in [0.3, 0.4) is 0 Å². The molecule has 0 bridgehead atoms. The molecular formula is C23H20N2. The van der Waals surface area contributed by atoms with Gasteiger partial charge in [0.1, 0.15) is 0 Å². The van der Waals surface area contributed by atoms with Crippen LogP contribution in [-0.4, -0.2) is 17.2 Å². The summed E-state index contributed by atoms with van der Waals surface area (Å²) in [6.07, 6.45) is 8.14. The monoisotopic (exact) mass is 324 g/mol. The third-order valence-corrected chi connectivity index (χ3v) is 4.47. The summed E-state index contributed by atoms with van der Waals surface area (Å²) in [5.74, 6) is 0. The Hall–Kier alpha value is -3.00. The van der Waals surface area contributed by atoms with Gasteiger partial charge in [0.25, 0.3) is 0 Å². The van der Waals surface area contributed by atoms with Gasteiger partial charge >= 0.3 is 0 Å². The van der Waals surface area contributed by atoms with E-state index < -0.39 is 0 Å². The van der Waals surface area contributed by atoms with Crippen LogP contribution in [0.25, 0.3) is 17.2 Å². The molecular weight excluding hydrogens is 304 g/mol. The zero-order valence-electron chi connectivity index (χ0n) is 14.1. The minimum Gasteiger partial charge on any atom is -0.284 e. The van der Waals surface area contributed by atoms with Crippen molar-refractivity contribution >= 4 is 11.8 Å². The lowest BCUT2D eigenvalue weighted by Crippen LogP contribution is -2.11. The predicted molar refractivity (Wildman–Crippen MR) is 105 cm³/mol. The largest absolute Gasteiger partial charge is 0.284 e. The first kappa shape index (κ1) is 15.5. The van der Waals surface area contributed by atoms with E-state index in [1.54, 1.807) is 6.20 Å². The first-order valence-electron chi connectivity index (χ1n) is 8.71. The van der Waals surface area contributed by atoms with Gasteiger partial charge in [-0.3, -0.25) is 9.98 Å². The third kappa shape index (κ3) is 3.58. The molecule has 1 aromatic heterocycles. The second-order valence-corrected chi connectivity index (χ2v) is 6.23. The van der Waals surface area contributed by atoms with Crippen molar-refractivity contribution in [2.24, 2.45) is 4.99 Å². The molecule has 0 saturated carbocycles. The van der Waals surface area contributed by atoms with Crippen molar-refractivity contribution in [2.75, 3.05) is 6.54 Å². The van der Waals surface area contributed by atoms with E-state index in [9.17, 15) is 0 Å². The molecule has 0 atom stereocenters. The van der Waals surface area contributed by atoms with Gasteiger partial charge in [0, 0.05) is 24.5 Å². The lowest BCUT2D eigenvalue weighted by atomic mass is 9.94. The fourth-order valence-electron chi connectivity index (χ4n) is 3.20. The summed E-state index contributed by atoms with van der Waals surface area (Å²) in [5.41, 5.74) is 7.20. The zero-order chi connectivity index (χ0) is 16.9. The molecule has 1 aliphatic heterocycles. The van der Waals surface area contributed by atoms with Crippen molar-refractivity contribution in [3.8, 4) is 11.1 Å². The molecule has 0 radical (unpaired) electrons. The highest BCUT2D eigenvalue weighted by Gasteiger charge is 2.14. The van der Waals surface area contributed by atoms with Gasteiger partial charge < -0.3 is 0 Å². The van der Waals surface area contributed by atoms with Crippen LogP contribution < -0.4 is 0 Å². The SMILES string of the molecule is C(=C1/CCCN=C1c1cccnc1)/c1ccc(-c2ccccc2)cc1. The Bertz CT molecular complexity index is 892. The van der Waals surface area contributed by atoms with Crippen LogP contribution in [0, 0.1) is 0 Å². The van der Waals surface area contributed by atoms with E-state index in [0.717, 1.165) is 30.7 Å². The summed E-state index contributed by atoms with van der Waals surface area (Å²) in [6.45, 7) is 0.897. The van der Waals surface area contributed by atoms with Crippen LogP contribution in [-0.2, 0) is 0 Å². The van der Waals surface area contributed by atoms with Crippen molar-refractivity contribution in [1.82, 2.24) is 4.98 Å². The number of nitrogens with zero attached hydrogens (tertiary/aromatic N) is 2. The van der Waals surface area contributed by atoms with E-state index in [-0.39, 0.29) is 0 Å². The Labute approximate surface area is 148 Å². The van der Waals surface area contributed by atoms with E-state index in [1.807, 2.05) is 18.3 Å². The first-order valence-corrected chi connectivity index (χ1v) is 8.71.